The van der Waals surface area contributed by atoms with E-state index in [4.69, 9.17) is 0 Å². The average molecular weight is 249 g/mol. The quantitative estimate of drug-likeness (QED) is 0.900. The van der Waals surface area contributed by atoms with Crippen LogP contribution in [0.3, 0.4) is 0 Å². The van der Waals surface area contributed by atoms with E-state index in [2.05, 4.69) is 9.97 Å². The van der Waals surface area contributed by atoms with E-state index in [0.717, 1.165) is 16.9 Å². The number of carbonyl (C=O) groups is 1. The second-order valence-corrected chi connectivity index (χ2v) is 4.75. The second-order valence-electron chi connectivity index (χ2n) is 3.88. The molecule has 0 radical (unpaired) electrons. The van der Waals surface area contributed by atoms with Crippen LogP contribution in [-0.2, 0) is 11.3 Å². The van der Waals surface area contributed by atoms with Gasteiger partial charge in [-0.15, -0.1) is 0 Å². The van der Waals surface area contributed by atoms with Gasteiger partial charge >= 0.3 is 0 Å². The molecular formula is C12H15N3OS. The van der Waals surface area contributed by atoms with Crippen LogP contribution in [0.2, 0.25) is 0 Å². The first-order valence-corrected chi connectivity index (χ1v) is 6.76. The first-order chi connectivity index (χ1) is 8.20. The fraction of sp³-hybridized carbons (Fsp3) is 0.333. The molecule has 4 nitrogen and oxygen atoms in total. The molecule has 0 aliphatic rings. The summed E-state index contributed by atoms with van der Waals surface area (Å²) < 4.78 is 0. The fourth-order valence-corrected chi connectivity index (χ4v) is 2.09. The lowest BCUT2D eigenvalue weighted by Crippen LogP contribution is -2.28. The SMILES string of the molecule is CSCC(=O)N(C)Cc1nc2ccccc2[nH]1. The number of carbonyl (C=O) groups excluding carboxylic acids is 1. The zero-order chi connectivity index (χ0) is 12.3. The molecule has 0 aliphatic carbocycles. The Morgan fingerprint density at radius 2 is 2.24 bits per heavy atom. The van der Waals surface area contributed by atoms with Crippen molar-refractivity contribution in [1.29, 1.82) is 0 Å². The molecule has 0 bridgehead atoms. The summed E-state index contributed by atoms with van der Waals surface area (Å²) in [6.07, 6.45) is 1.92. The molecule has 1 amide bonds. The van der Waals surface area contributed by atoms with Crippen molar-refractivity contribution >= 4 is 28.7 Å². The minimum atomic E-state index is 0.123. The van der Waals surface area contributed by atoms with E-state index < -0.39 is 0 Å². The molecular weight excluding hydrogens is 234 g/mol. The van der Waals surface area contributed by atoms with Gasteiger partial charge in [-0.3, -0.25) is 4.79 Å². The van der Waals surface area contributed by atoms with Crippen LogP contribution in [0.15, 0.2) is 24.3 Å². The number of hydrogen-bond donors (Lipinski definition) is 1. The Kier molecular flexibility index (Phi) is 3.68. The lowest BCUT2D eigenvalue weighted by atomic mass is 10.3. The van der Waals surface area contributed by atoms with Gasteiger partial charge in [-0.25, -0.2) is 4.98 Å². The van der Waals surface area contributed by atoms with E-state index >= 15 is 0 Å². The predicted octanol–water partition coefficient (Wildman–Crippen LogP) is 1.88. The van der Waals surface area contributed by atoms with Gasteiger partial charge in [-0.05, 0) is 18.4 Å². The Bertz CT molecular complexity index is 490. The number of aromatic nitrogens is 2. The molecule has 2 aromatic rings. The predicted molar refractivity (Wildman–Crippen MR) is 70.9 cm³/mol. The highest BCUT2D eigenvalue weighted by atomic mass is 32.2. The number of benzene rings is 1. The molecule has 1 aromatic heterocycles. The van der Waals surface area contributed by atoms with E-state index in [1.165, 1.54) is 11.8 Å². The van der Waals surface area contributed by atoms with Crippen molar-refractivity contribution in [3.05, 3.63) is 30.1 Å². The number of nitrogens with zero attached hydrogens (tertiary/aromatic N) is 2. The Hall–Kier alpha value is -1.49. The maximum atomic E-state index is 11.6. The maximum absolute atomic E-state index is 11.6. The minimum absolute atomic E-state index is 0.123. The number of fused-ring (bicyclic) bond motifs is 1. The number of rotatable bonds is 4. The van der Waals surface area contributed by atoms with Gasteiger partial charge in [0.2, 0.25) is 5.91 Å². The van der Waals surface area contributed by atoms with Gasteiger partial charge in [0, 0.05) is 7.05 Å². The molecule has 0 saturated heterocycles. The summed E-state index contributed by atoms with van der Waals surface area (Å²) in [5.41, 5.74) is 1.95. The van der Waals surface area contributed by atoms with Crippen LogP contribution in [0, 0.1) is 0 Å². The normalized spacial score (nSPS) is 10.7. The molecule has 0 spiro atoms. The monoisotopic (exact) mass is 249 g/mol. The second kappa shape index (κ2) is 5.23. The summed E-state index contributed by atoms with van der Waals surface area (Å²) in [5.74, 6) is 1.46. The van der Waals surface area contributed by atoms with E-state index in [0.29, 0.717) is 12.3 Å². The van der Waals surface area contributed by atoms with Gasteiger partial charge in [0.1, 0.15) is 5.82 Å². The Morgan fingerprint density at radius 3 is 2.94 bits per heavy atom. The highest BCUT2D eigenvalue weighted by molar-refractivity contribution is 7.99. The molecule has 0 unspecified atom stereocenters. The van der Waals surface area contributed by atoms with Crippen LogP contribution in [-0.4, -0.2) is 39.8 Å². The van der Waals surface area contributed by atoms with Crippen molar-refractivity contribution in [2.45, 2.75) is 6.54 Å². The summed E-state index contributed by atoms with van der Waals surface area (Å²) in [7, 11) is 1.80. The number of imidazole rings is 1. The largest absolute Gasteiger partial charge is 0.340 e. The van der Waals surface area contributed by atoms with Crippen molar-refractivity contribution in [2.75, 3.05) is 19.1 Å². The highest BCUT2D eigenvalue weighted by Gasteiger charge is 2.10. The van der Waals surface area contributed by atoms with Crippen LogP contribution >= 0.6 is 11.8 Å². The van der Waals surface area contributed by atoms with Crippen LogP contribution in [0.4, 0.5) is 0 Å². The van der Waals surface area contributed by atoms with Crippen LogP contribution in [0.25, 0.3) is 11.0 Å². The third kappa shape index (κ3) is 2.79. The molecule has 1 heterocycles. The number of nitrogens with one attached hydrogen (secondary N) is 1. The summed E-state index contributed by atoms with van der Waals surface area (Å²) in [6.45, 7) is 0.522. The molecule has 90 valence electrons. The van der Waals surface area contributed by atoms with Crippen LogP contribution in [0.1, 0.15) is 5.82 Å². The van der Waals surface area contributed by atoms with Crippen molar-refractivity contribution in [2.24, 2.45) is 0 Å². The van der Waals surface area contributed by atoms with Gasteiger partial charge in [0.05, 0.1) is 23.3 Å². The number of aromatic amines is 1. The maximum Gasteiger partial charge on any atom is 0.232 e. The topological polar surface area (TPSA) is 49.0 Å². The highest BCUT2D eigenvalue weighted by Crippen LogP contribution is 2.11. The van der Waals surface area contributed by atoms with Crippen molar-refractivity contribution < 1.29 is 4.79 Å². The Labute approximate surface area is 104 Å². The number of H-pyrrole nitrogens is 1. The number of thioether (sulfide) groups is 1. The molecule has 1 aromatic carbocycles. The van der Waals surface area contributed by atoms with Gasteiger partial charge in [0.25, 0.3) is 0 Å². The molecule has 1 N–H and O–H groups in total. The summed E-state index contributed by atoms with van der Waals surface area (Å²) in [4.78, 5) is 21.0. The molecule has 0 atom stereocenters. The number of hydrogen-bond acceptors (Lipinski definition) is 3. The molecule has 5 heteroatoms. The van der Waals surface area contributed by atoms with Gasteiger partial charge in [0.15, 0.2) is 0 Å². The first kappa shape index (κ1) is 12.0. The van der Waals surface area contributed by atoms with E-state index in [-0.39, 0.29) is 5.91 Å². The minimum Gasteiger partial charge on any atom is -0.340 e. The summed E-state index contributed by atoms with van der Waals surface area (Å²) >= 11 is 1.53. The van der Waals surface area contributed by atoms with E-state index in [1.807, 2.05) is 30.5 Å². The summed E-state index contributed by atoms with van der Waals surface area (Å²) in [6, 6.07) is 7.86. The van der Waals surface area contributed by atoms with Crippen molar-refractivity contribution in [1.82, 2.24) is 14.9 Å². The standard InChI is InChI=1S/C12H15N3OS/c1-15(12(16)8-17-2)7-11-13-9-5-3-4-6-10(9)14-11/h3-6H,7-8H2,1-2H3,(H,13,14). The molecule has 0 saturated carbocycles. The third-order valence-corrected chi connectivity index (χ3v) is 3.05. The number of para-hydroxylation sites is 2. The molecule has 17 heavy (non-hydrogen) atoms. The van der Waals surface area contributed by atoms with E-state index in [9.17, 15) is 4.79 Å². The number of amides is 1. The van der Waals surface area contributed by atoms with Crippen molar-refractivity contribution in [3.63, 3.8) is 0 Å². The average Bonchev–Trinajstić information content (AvgIpc) is 2.71. The fourth-order valence-electron chi connectivity index (χ4n) is 1.63. The van der Waals surface area contributed by atoms with Crippen LogP contribution in [0.5, 0.6) is 0 Å². The lowest BCUT2D eigenvalue weighted by molar-refractivity contribution is -0.127. The molecule has 2 rings (SSSR count). The zero-order valence-corrected chi connectivity index (χ0v) is 10.8. The zero-order valence-electron chi connectivity index (χ0n) is 9.93. The Balaban J connectivity index is 2.10. The Morgan fingerprint density at radius 1 is 1.47 bits per heavy atom. The lowest BCUT2D eigenvalue weighted by Gasteiger charge is -2.14. The van der Waals surface area contributed by atoms with Gasteiger partial charge in [-0.1, -0.05) is 12.1 Å². The van der Waals surface area contributed by atoms with Gasteiger partial charge in [-0.2, -0.15) is 11.8 Å². The van der Waals surface area contributed by atoms with E-state index in [1.54, 1.807) is 11.9 Å². The first-order valence-electron chi connectivity index (χ1n) is 5.37. The third-order valence-electron chi connectivity index (χ3n) is 2.52. The van der Waals surface area contributed by atoms with Crippen molar-refractivity contribution in [3.8, 4) is 0 Å². The summed E-state index contributed by atoms with van der Waals surface area (Å²) in [5, 5.41) is 0. The molecule has 0 aliphatic heterocycles. The smallest absolute Gasteiger partial charge is 0.232 e. The molecule has 0 fully saturated rings. The van der Waals surface area contributed by atoms with Gasteiger partial charge < -0.3 is 9.88 Å². The van der Waals surface area contributed by atoms with Crippen LogP contribution < -0.4 is 0 Å².